The summed E-state index contributed by atoms with van der Waals surface area (Å²) in [5.74, 6) is 0.857. The first-order valence-corrected chi connectivity index (χ1v) is 7.40. The van der Waals surface area contributed by atoms with Crippen LogP contribution in [0.4, 0.5) is 0 Å². The minimum Gasteiger partial charge on any atom is -0.387 e. The van der Waals surface area contributed by atoms with Crippen molar-refractivity contribution < 1.29 is 9.63 Å². The zero-order valence-electron chi connectivity index (χ0n) is 13.3. The van der Waals surface area contributed by atoms with Gasteiger partial charge in [-0.2, -0.15) is 0 Å². The van der Waals surface area contributed by atoms with Crippen molar-refractivity contribution in [2.24, 2.45) is 0 Å². The summed E-state index contributed by atoms with van der Waals surface area (Å²) in [6.07, 6.45) is -0.481. The van der Waals surface area contributed by atoms with Crippen molar-refractivity contribution in [2.45, 2.75) is 40.3 Å². The fraction of sp³-hybridized carbons (Fsp3) is 0.471. The maximum Gasteiger partial charge on any atom is 0.138 e. The second kappa shape index (κ2) is 6.87. The van der Waals surface area contributed by atoms with Crippen molar-refractivity contribution in [1.29, 1.82) is 0 Å². The molecule has 0 spiro atoms. The summed E-state index contributed by atoms with van der Waals surface area (Å²) in [5, 5.41) is 14.4. The third-order valence-electron chi connectivity index (χ3n) is 3.90. The van der Waals surface area contributed by atoms with Gasteiger partial charge in [0.1, 0.15) is 5.76 Å². The second-order valence-corrected chi connectivity index (χ2v) is 5.56. The van der Waals surface area contributed by atoms with Crippen molar-refractivity contribution in [2.75, 3.05) is 13.1 Å². The summed E-state index contributed by atoms with van der Waals surface area (Å²) in [5.41, 5.74) is 4.20. The predicted octanol–water partition coefficient (Wildman–Crippen LogP) is 3.16. The molecular weight excluding hydrogens is 264 g/mol. The minimum absolute atomic E-state index is 0.481. The molecule has 0 aliphatic rings. The van der Waals surface area contributed by atoms with Crippen LogP contribution in [0.2, 0.25) is 0 Å². The van der Waals surface area contributed by atoms with Crippen LogP contribution in [0.25, 0.3) is 0 Å². The average molecular weight is 288 g/mol. The molecule has 0 amide bonds. The quantitative estimate of drug-likeness (QED) is 0.887. The molecule has 2 aromatic rings. The van der Waals surface area contributed by atoms with Gasteiger partial charge in [-0.25, -0.2) is 0 Å². The Balaban J connectivity index is 2.03. The van der Waals surface area contributed by atoms with Gasteiger partial charge in [0.05, 0.1) is 11.8 Å². The van der Waals surface area contributed by atoms with E-state index in [-0.39, 0.29) is 0 Å². The number of aromatic nitrogens is 1. The maximum atomic E-state index is 10.4. The molecule has 0 fully saturated rings. The standard InChI is InChI=1S/C17H24N2O2/c1-5-19(10-16-13(3)18-21-14(16)4)11-17(20)15-8-6-12(2)7-9-15/h6-9,17,20H,5,10-11H2,1-4H3. The molecule has 0 aliphatic carbocycles. The third kappa shape index (κ3) is 3.93. The van der Waals surface area contributed by atoms with Crippen LogP contribution in [0.5, 0.6) is 0 Å². The molecule has 1 aromatic carbocycles. The first kappa shape index (κ1) is 15.7. The Morgan fingerprint density at radius 3 is 2.38 bits per heavy atom. The van der Waals surface area contributed by atoms with E-state index in [9.17, 15) is 5.11 Å². The van der Waals surface area contributed by atoms with Crippen LogP contribution in [-0.2, 0) is 6.54 Å². The van der Waals surface area contributed by atoms with Crippen LogP contribution in [0.15, 0.2) is 28.8 Å². The molecule has 1 heterocycles. The number of rotatable bonds is 6. The van der Waals surface area contributed by atoms with E-state index in [1.807, 2.05) is 45.0 Å². The molecule has 0 saturated heterocycles. The largest absolute Gasteiger partial charge is 0.387 e. The smallest absolute Gasteiger partial charge is 0.138 e. The van der Waals surface area contributed by atoms with E-state index in [0.717, 1.165) is 35.7 Å². The van der Waals surface area contributed by atoms with Crippen LogP contribution in [0, 0.1) is 20.8 Å². The zero-order valence-corrected chi connectivity index (χ0v) is 13.3. The van der Waals surface area contributed by atoms with E-state index in [1.54, 1.807) is 0 Å². The van der Waals surface area contributed by atoms with Crippen molar-refractivity contribution >= 4 is 0 Å². The Morgan fingerprint density at radius 1 is 1.19 bits per heavy atom. The molecule has 1 N–H and O–H groups in total. The van der Waals surface area contributed by atoms with Gasteiger partial charge < -0.3 is 9.63 Å². The number of aliphatic hydroxyl groups excluding tert-OH is 1. The van der Waals surface area contributed by atoms with Gasteiger partial charge in [0, 0.05) is 18.7 Å². The number of hydrogen-bond acceptors (Lipinski definition) is 4. The number of nitrogens with zero attached hydrogens (tertiary/aromatic N) is 2. The highest BCUT2D eigenvalue weighted by Gasteiger charge is 2.16. The van der Waals surface area contributed by atoms with E-state index in [1.165, 1.54) is 5.56 Å². The summed E-state index contributed by atoms with van der Waals surface area (Å²) in [7, 11) is 0. The first-order chi connectivity index (χ1) is 10.0. The molecular formula is C17H24N2O2. The lowest BCUT2D eigenvalue weighted by atomic mass is 10.1. The molecule has 1 atom stereocenters. The minimum atomic E-state index is -0.481. The fourth-order valence-corrected chi connectivity index (χ4v) is 2.40. The van der Waals surface area contributed by atoms with E-state index in [2.05, 4.69) is 17.0 Å². The maximum absolute atomic E-state index is 10.4. The van der Waals surface area contributed by atoms with Crippen LogP contribution in [0.1, 0.15) is 41.2 Å². The number of hydrogen-bond donors (Lipinski definition) is 1. The lowest BCUT2D eigenvalue weighted by Gasteiger charge is -2.23. The van der Waals surface area contributed by atoms with Gasteiger partial charge in [-0.15, -0.1) is 0 Å². The van der Waals surface area contributed by atoms with E-state index >= 15 is 0 Å². The summed E-state index contributed by atoms with van der Waals surface area (Å²) >= 11 is 0. The van der Waals surface area contributed by atoms with Gasteiger partial charge in [-0.1, -0.05) is 41.9 Å². The third-order valence-corrected chi connectivity index (χ3v) is 3.90. The molecule has 4 heteroatoms. The highest BCUT2D eigenvalue weighted by molar-refractivity contribution is 5.24. The van der Waals surface area contributed by atoms with Crippen molar-refractivity contribution in [3.63, 3.8) is 0 Å². The summed E-state index contributed by atoms with van der Waals surface area (Å²) in [6.45, 7) is 10.2. The number of likely N-dealkylation sites (N-methyl/N-ethyl adjacent to an activating group) is 1. The van der Waals surface area contributed by atoms with Gasteiger partial charge in [0.2, 0.25) is 0 Å². The number of aryl methyl sites for hydroxylation is 3. The Labute approximate surface area is 126 Å². The molecule has 2 rings (SSSR count). The van der Waals surface area contributed by atoms with Gasteiger partial charge >= 0.3 is 0 Å². The van der Waals surface area contributed by atoms with Crippen LogP contribution >= 0.6 is 0 Å². The average Bonchev–Trinajstić information content (AvgIpc) is 2.78. The van der Waals surface area contributed by atoms with Crippen molar-refractivity contribution in [3.8, 4) is 0 Å². The topological polar surface area (TPSA) is 49.5 Å². The fourth-order valence-electron chi connectivity index (χ4n) is 2.40. The lowest BCUT2D eigenvalue weighted by Crippen LogP contribution is -2.28. The lowest BCUT2D eigenvalue weighted by molar-refractivity contribution is 0.112. The molecule has 0 radical (unpaired) electrons. The predicted molar refractivity (Wildman–Crippen MR) is 83.1 cm³/mol. The number of benzene rings is 1. The van der Waals surface area contributed by atoms with Crippen LogP contribution in [-0.4, -0.2) is 28.3 Å². The van der Waals surface area contributed by atoms with E-state index in [4.69, 9.17) is 4.52 Å². The zero-order chi connectivity index (χ0) is 15.4. The molecule has 0 aliphatic heterocycles. The molecule has 0 bridgehead atoms. The Morgan fingerprint density at radius 2 is 1.86 bits per heavy atom. The van der Waals surface area contributed by atoms with Gasteiger partial charge in [0.25, 0.3) is 0 Å². The normalized spacial score (nSPS) is 12.9. The summed E-state index contributed by atoms with van der Waals surface area (Å²) in [4.78, 5) is 2.21. The van der Waals surface area contributed by atoms with Crippen LogP contribution < -0.4 is 0 Å². The molecule has 21 heavy (non-hydrogen) atoms. The SMILES string of the molecule is CCN(Cc1c(C)noc1C)CC(O)c1ccc(C)cc1. The van der Waals surface area contributed by atoms with E-state index in [0.29, 0.717) is 6.54 Å². The molecule has 1 unspecified atom stereocenters. The monoisotopic (exact) mass is 288 g/mol. The summed E-state index contributed by atoms with van der Waals surface area (Å²) in [6, 6.07) is 8.04. The molecule has 114 valence electrons. The van der Waals surface area contributed by atoms with Crippen molar-refractivity contribution in [1.82, 2.24) is 10.1 Å². The number of aliphatic hydroxyl groups is 1. The molecule has 1 aromatic heterocycles. The highest BCUT2D eigenvalue weighted by Crippen LogP contribution is 2.19. The van der Waals surface area contributed by atoms with E-state index < -0.39 is 6.10 Å². The van der Waals surface area contributed by atoms with Crippen LogP contribution in [0.3, 0.4) is 0 Å². The van der Waals surface area contributed by atoms with Crippen molar-refractivity contribution in [3.05, 3.63) is 52.4 Å². The Kier molecular flexibility index (Phi) is 5.15. The first-order valence-electron chi connectivity index (χ1n) is 7.40. The Bertz CT molecular complexity index is 555. The summed E-state index contributed by atoms with van der Waals surface area (Å²) < 4.78 is 5.20. The molecule has 4 nitrogen and oxygen atoms in total. The van der Waals surface area contributed by atoms with Gasteiger partial charge in [-0.3, -0.25) is 4.90 Å². The van der Waals surface area contributed by atoms with Gasteiger partial charge in [0.15, 0.2) is 0 Å². The van der Waals surface area contributed by atoms with Gasteiger partial charge in [-0.05, 0) is 32.9 Å². The molecule has 0 saturated carbocycles. The second-order valence-electron chi connectivity index (χ2n) is 5.56. The highest BCUT2D eigenvalue weighted by atomic mass is 16.5. The Hall–Kier alpha value is -1.65.